The summed E-state index contributed by atoms with van der Waals surface area (Å²) >= 11 is 0. The topological polar surface area (TPSA) is 92.8 Å². The minimum atomic E-state index is -3.73. The predicted octanol–water partition coefficient (Wildman–Crippen LogP) is 3.72. The first kappa shape index (κ1) is 24.8. The van der Waals surface area contributed by atoms with E-state index in [-0.39, 0.29) is 36.5 Å². The molecule has 1 aliphatic heterocycles. The molecular weight excluding hydrogens is 454 g/mol. The summed E-state index contributed by atoms with van der Waals surface area (Å²) in [6.45, 7) is 5.68. The fourth-order valence-corrected chi connectivity index (χ4v) is 6.09. The van der Waals surface area contributed by atoms with Gasteiger partial charge in [0, 0.05) is 25.1 Å². The summed E-state index contributed by atoms with van der Waals surface area (Å²) in [6, 6.07) is 5.03. The second-order valence-corrected chi connectivity index (χ2v) is 10.1. The molecule has 1 N–H and O–H groups in total. The van der Waals surface area contributed by atoms with Crippen LogP contribution in [0.1, 0.15) is 39.9 Å². The SMILES string of the molecule is COC(=O)c1cc(NC(=O)C2CCN(S(=O)(=O)c3c(C)cc(C)cc3C)CC2)c(F)cc1F. The van der Waals surface area contributed by atoms with E-state index in [0.29, 0.717) is 17.2 Å². The van der Waals surface area contributed by atoms with E-state index in [0.717, 1.165) is 18.7 Å². The number of sulfonamides is 1. The molecule has 0 saturated carbocycles. The summed E-state index contributed by atoms with van der Waals surface area (Å²) in [6.07, 6.45) is 0.476. The minimum absolute atomic E-state index is 0.131. The van der Waals surface area contributed by atoms with E-state index in [1.165, 1.54) is 4.31 Å². The van der Waals surface area contributed by atoms with Crippen LogP contribution in [0.15, 0.2) is 29.2 Å². The molecule has 1 heterocycles. The van der Waals surface area contributed by atoms with E-state index in [1.807, 2.05) is 19.1 Å². The summed E-state index contributed by atoms with van der Waals surface area (Å²) in [5.74, 6) is -4.22. The Hall–Kier alpha value is -2.85. The van der Waals surface area contributed by atoms with E-state index in [9.17, 15) is 26.8 Å². The number of hydrogen-bond donors (Lipinski definition) is 1. The molecule has 0 aromatic heterocycles. The molecule has 0 atom stereocenters. The van der Waals surface area contributed by atoms with Gasteiger partial charge in [-0.1, -0.05) is 17.7 Å². The zero-order valence-electron chi connectivity index (χ0n) is 18.9. The number of hydrogen-bond acceptors (Lipinski definition) is 5. The van der Waals surface area contributed by atoms with Gasteiger partial charge in [-0.05, 0) is 50.8 Å². The Kier molecular flexibility index (Phi) is 7.18. The van der Waals surface area contributed by atoms with Gasteiger partial charge in [-0.25, -0.2) is 22.0 Å². The van der Waals surface area contributed by atoms with Gasteiger partial charge in [0.2, 0.25) is 15.9 Å². The molecule has 0 bridgehead atoms. The van der Waals surface area contributed by atoms with Crippen LogP contribution in [0, 0.1) is 38.3 Å². The van der Waals surface area contributed by atoms with Crippen LogP contribution >= 0.6 is 0 Å². The average Bonchev–Trinajstić information content (AvgIpc) is 2.74. The summed E-state index contributed by atoms with van der Waals surface area (Å²) in [7, 11) is -2.67. The molecule has 2 aromatic rings. The maximum absolute atomic E-state index is 14.1. The van der Waals surface area contributed by atoms with E-state index in [1.54, 1.807) is 13.8 Å². The summed E-state index contributed by atoms with van der Waals surface area (Å²) in [4.78, 5) is 24.6. The third-order valence-electron chi connectivity index (χ3n) is 5.75. The van der Waals surface area contributed by atoms with Gasteiger partial charge >= 0.3 is 5.97 Å². The van der Waals surface area contributed by atoms with Crippen molar-refractivity contribution in [3.8, 4) is 0 Å². The number of amides is 1. The molecule has 33 heavy (non-hydrogen) atoms. The van der Waals surface area contributed by atoms with Crippen molar-refractivity contribution in [1.82, 2.24) is 4.31 Å². The van der Waals surface area contributed by atoms with Crippen LogP contribution < -0.4 is 5.32 Å². The van der Waals surface area contributed by atoms with Crippen LogP contribution in [0.2, 0.25) is 0 Å². The van der Waals surface area contributed by atoms with Crippen molar-refractivity contribution in [1.29, 1.82) is 0 Å². The number of methoxy groups -OCH3 is 1. The highest BCUT2D eigenvalue weighted by Crippen LogP contribution is 2.30. The second kappa shape index (κ2) is 9.56. The zero-order chi connectivity index (χ0) is 24.5. The normalized spacial score (nSPS) is 15.3. The molecule has 0 radical (unpaired) electrons. The van der Waals surface area contributed by atoms with Crippen LogP contribution in [-0.2, 0) is 19.6 Å². The minimum Gasteiger partial charge on any atom is -0.465 e. The maximum atomic E-state index is 14.1. The number of carbonyl (C=O) groups excluding carboxylic acids is 2. The average molecular weight is 481 g/mol. The van der Waals surface area contributed by atoms with Crippen molar-refractivity contribution in [2.24, 2.45) is 5.92 Å². The molecule has 178 valence electrons. The predicted molar refractivity (Wildman–Crippen MR) is 118 cm³/mol. The van der Waals surface area contributed by atoms with Gasteiger partial charge in [-0.3, -0.25) is 4.79 Å². The standard InChI is InChI=1S/C23H26F2N2O5S/c1-13-9-14(2)21(15(3)10-13)33(30,31)27-7-5-16(6-8-27)22(28)26-20-11-17(23(29)32-4)18(24)12-19(20)25/h9-12,16H,5-8H2,1-4H3,(H,26,28). The Morgan fingerprint density at radius 1 is 1.00 bits per heavy atom. The van der Waals surface area contributed by atoms with Gasteiger partial charge < -0.3 is 10.1 Å². The molecule has 1 saturated heterocycles. The third kappa shape index (κ3) is 5.06. The van der Waals surface area contributed by atoms with Gasteiger partial charge in [-0.15, -0.1) is 0 Å². The second-order valence-electron chi connectivity index (χ2n) is 8.20. The molecule has 1 amide bonds. The Balaban J connectivity index is 1.72. The number of ether oxygens (including phenoxy) is 1. The van der Waals surface area contributed by atoms with Crippen molar-refractivity contribution in [3.63, 3.8) is 0 Å². The van der Waals surface area contributed by atoms with E-state index in [2.05, 4.69) is 10.1 Å². The molecule has 7 nitrogen and oxygen atoms in total. The summed E-state index contributed by atoms with van der Waals surface area (Å²) in [5, 5.41) is 2.38. The molecule has 1 aliphatic rings. The Labute approximate surface area is 191 Å². The smallest absolute Gasteiger partial charge is 0.340 e. The van der Waals surface area contributed by atoms with Crippen molar-refractivity contribution in [2.45, 2.75) is 38.5 Å². The van der Waals surface area contributed by atoms with Crippen LogP contribution in [0.25, 0.3) is 0 Å². The van der Waals surface area contributed by atoms with Crippen LogP contribution in [-0.4, -0.2) is 44.8 Å². The number of nitrogens with zero attached hydrogens (tertiary/aromatic N) is 1. The highest BCUT2D eigenvalue weighted by Gasteiger charge is 2.34. The largest absolute Gasteiger partial charge is 0.465 e. The number of anilines is 1. The first-order valence-electron chi connectivity index (χ1n) is 10.4. The van der Waals surface area contributed by atoms with Crippen molar-refractivity contribution >= 4 is 27.6 Å². The Bertz CT molecular complexity index is 1180. The van der Waals surface area contributed by atoms with Crippen molar-refractivity contribution in [3.05, 3.63) is 58.2 Å². The Morgan fingerprint density at radius 3 is 2.12 bits per heavy atom. The van der Waals surface area contributed by atoms with E-state index < -0.39 is 45.0 Å². The van der Waals surface area contributed by atoms with Crippen LogP contribution in [0.3, 0.4) is 0 Å². The quantitative estimate of drug-likeness (QED) is 0.659. The van der Waals surface area contributed by atoms with Crippen molar-refractivity contribution < 1.29 is 31.5 Å². The summed E-state index contributed by atoms with van der Waals surface area (Å²) in [5.41, 5.74) is 1.46. The maximum Gasteiger partial charge on any atom is 0.340 e. The van der Waals surface area contributed by atoms with Gasteiger partial charge in [0.15, 0.2) is 0 Å². The number of esters is 1. The van der Waals surface area contributed by atoms with Crippen molar-refractivity contribution in [2.75, 3.05) is 25.5 Å². The van der Waals surface area contributed by atoms with Crippen LogP contribution in [0.4, 0.5) is 14.5 Å². The number of piperidine rings is 1. The van der Waals surface area contributed by atoms with Gasteiger partial charge in [0.05, 0.1) is 23.3 Å². The summed E-state index contributed by atoms with van der Waals surface area (Å²) < 4.78 is 60.2. The zero-order valence-corrected chi connectivity index (χ0v) is 19.7. The number of aryl methyl sites for hydroxylation is 3. The highest BCUT2D eigenvalue weighted by atomic mass is 32.2. The highest BCUT2D eigenvalue weighted by molar-refractivity contribution is 7.89. The number of nitrogens with one attached hydrogen (secondary N) is 1. The monoisotopic (exact) mass is 480 g/mol. The molecule has 2 aromatic carbocycles. The number of halogens is 2. The number of rotatable bonds is 5. The molecular formula is C23H26F2N2O5S. The fraction of sp³-hybridized carbons (Fsp3) is 0.391. The Morgan fingerprint density at radius 2 is 1.58 bits per heavy atom. The third-order valence-corrected chi connectivity index (χ3v) is 7.95. The fourth-order valence-electron chi connectivity index (χ4n) is 4.21. The van der Waals surface area contributed by atoms with Gasteiger partial charge in [0.25, 0.3) is 0 Å². The molecule has 3 rings (SSSR count). The number of carbonyl (C=O) groups is 2. The van der Waals surface area contributed by atoms with E-state index in [4.69, 9.17) is 0 Å². The first-order valence-corrected chi connectivity index (χ1v) is 11.9. The lowest BCUT2D eigenvalue weighted by Gasteiger charge is -2.31. The molecule has 0 spiro atoms. The first-order chi connectivity index (χ1) is 15.4. The van der Waals surface area contributed by atoms with Gasteiger partial charge in [-0.2, -0.15) is 4.31 Å². The van der Waals surface area contributed by atoms with E-state index >= 15 is 0 Å². The molecule has 0 aliphatic carbocycles. The lowest BCUT2D eigenvalue weighted by Crippen LogP contribution is -2.41. The van der Waals surface area contributed by atoms with Crippen LogP contribution in [0.5, 0.6) is 0 Å². The van der Waals surface area contributed by atoms with Gasteiger partial charge in [0.1, 0.15) is 11.6 Å². The molecule has 10 heteroatoms. The lowest BCUT2D eigenvalue weighted by atomic mass is 9.97. The molecule has 0 unspecified atom stereocenters. The lowest BCUT2D eigenvalue weighted by molar-refractivity contribution is -0.120. The molecule has 1 fully saturated rings. The number of benzene rings is 2.